The fourth-order valence-electron chi connectivity index (χ4n) is 1.59. The number of aliphatic hydroxyl groups excluding tert-OH is 1. The van der Waals surface area contributed by atoms with Crippen LogP contribution in [0.2, 0.25) is 0 Å². The summed E-state index contributed by atoms with van der Waals surface area (Å²) in [6, 6.07) is 9.05. The molecule has 2 atom stereocenters. The van der Waals surface area contributed by atoms with E-state index in [0.717, 1.165) is 5.56 Å². The van der Waals surface area contributed by atoms with Crippen LogP contribution in [0.25, 0.3) is 0 Å². The summed E-state index contributed by atoms with van der Waals surface area (Å²) in [5, 5.41) is 9.86. The Balaban J connectivity index is 2.39. The minimum Gasteiger partial charge on any atom is -0.465 e. The molecule has 0 bridgehead atoms. The van der Waals surface area contributed by atoms with E-state index < -0.39 is 6.10 Å². The first-order chi connectivity index (χ1) is 9.13. The minimum absolute atomic E-state index is 0.0451. The van der Waals surface area contributed by atoms with Crippen molar-refractivity contribution >= 4 is 12.3 Å². The zero-order chi connectivity index (χ0) is 14.1. The van der Waals surface area contributed by atoms with Crippen molar-refractivity contribution in [1.82, 2.24) is 0 Å². The van der Waals surface area contributed by atoms with Gasteiger partial charge in [0.2, 0.25) is 0 Å². The van der Waals surface area contributed by atoms with Crippen LogP contribution in [-0.2, 0) is 14.3 Å². The summed E-state index contributed by atoms with van der Waals surface area (Å²) in [5.41, 5.74) is 0.724. The molecular weight excluding hydrogens is 244 g/mol. The first-order valence-electron chi connectivity index (χ1n) is 6.15. The molecule has 0 saturated carbocycles. The highest BCUT2D eigenvalue weighted by Crippen LogP contribution is 2.16. The molecule has 4 nitrogen and oxygen atoms in total. The number of rotatable bonds is 8. The molecule has 0 aliphatic rings. The first kappa shape index (κ1) is 15.1. The van der Waals surface area contributed by atoms with Crippen molar-refractivity contribution in [1.29, 1.82) is 0 Å². The van der Waals surface area contributed by atoms with E-state index in [-0.39, 0.29) is 18.3 Å². The molecule has 0 unspecified atom stereocenters. The second-order valence-electron chi connectivity index (χ2n) is 4.28. The number of hydrogen-bond donors (Lipinski definition) is 1. The lowest BCUT2D eigenvalue weighted by Crippen LogP contribution is -2.06. The average molecular weight is 262 g/mol. The molecule has 1 aromatic rings. The van der Waals surface area contributed by atoms with Crippen LogP contribution < -0.4 is 0 Å². The predicted octanol–water partition coefficient (Wildman–Crippen LogP) is 2.19. The highest BCUT2D eigenvalue weighted by molar-refractivity contribution is 5.90. The molecule has 0 spiro atoms. The number of carbonyl (C=O) groups is 2. The zero-order valence-corrected chi connectivity index (χ0v) is 10.9. The summed E-state index contributed by atoms with van der Waals surface area (Å²) < 4.78 is 4.68. The van der Waals surface area contributed by atoms with Gasteiger partial charge in [-0.1, -0.05) is 36.4 Å². The highest BCUT2D eigenvalue weighted by atomic mass is 16.5. The van der Waals surface area contributed by atoms with E-state index in [0.29, 0.717) is 12.9 Å². The van der Waals surface area contributed by atoms with Gasteiger partial charge in [-0.05, 0) is 18.6 Å². The Hall–Kier alpha value is -1.94. The lowest BCUT2D eigenvalue weighted by atomic mass is 10.0. The van der Waals surface area contributed by atoms with Crippen molar-refractivity contribution in [3.8, 4) is 0 Å². The second-order valence-corrected chi connectivity index (χ2v) is 4.28. The molecule has 0 heterocycles. The Labute approximate surface area is 112 Å². The average Bonchev–Trinajstić information content (AvgIpc) is 2.40. The number of allylic oxidation sites excluding steroid dienone is 1. The Kier molecular flexibility index (Phi) is 6.53. The molecule has 1 aromatic carbocycles. The predicted molar refractivity (Wildman–Crippen MR) is 71.4 cm³/mol. The Morgan fingerprint density at radius 3 is 2.68 bits per heavy atom. The van der Waals surface area contributed by atoms with E-state index in [1.54, 1.807) is 25.1 Å². The van der Waals surface area contributed by atoms with E-state index >= 15 is 0 Å². The van der Waals surface area contributed by atoms with Gasteiger partial charge in [0.1, 0.15) is 6.10 Å². The quantitative estimate of drug-likeness (QED) is 0.576. The topological polar surface area (TPSA) is 63.6 Å². The molecule has 4 heteroatoms. The van der Waals surface area contributed by atoms with Gasteiger partial charge in [0, 0.05) is 12.8 Å². The molecule has 102 valence electrons. The fourth-order valence-corrected chi connectivity index (χ4v) is 1.59. The lowest BCUT2D eigenvalue weighted by molar-refractivity contribution is -0.132. The number of carbonyl (C=O) groups excluding carboxylic acids is 2. The number of ether oxygens (including phenoxy) is 1. The van der Waals surface area contributed by atoms with Crippen molar-refractivity contribution in [2.45, 2.75) is 32.0 Å². The van der Waals surface area contributed by atoms with Crippen molar-refractivity contribution in [3.05, 3.63) is 48.0 Å². The second kappa shape index (κ2) is 8.21. The smallest absolute Gasteiger partial charge is 0.293 e. The molecule has 0 aromatic heterocycles. The molecule has 1 rings (SSSR count). The van der Waals surface area contributed by atoms with Gasteiger partial charge in [0.15, 0.2) is 5.78 Å². The Morgan fingerprint density at radius 2 is 2.05 bits per heavy atom. The van der Waals surface area contributed by atoms with E-state index in [1.165, 1.54) is 6.08 Å². The van der Waals surface area contributed by atoms with Crippen LogP contribution in [0.4, 0.5) is 0 Å². The monoisotopic (exact) mass is 262 g/mol. The van der Waals surface area contributed by atoms with Crippen LogP contribution in [0.5, 0.6) is 0 Å². The standard InChI is InChI=1S/C15H18O4/c1-12(19-11-16)6-5-9-14(17)10-15(18)13-7-3-2-4-8-13/h2-5,7-9,11-12,15,18H,6,10H2,1H3/b9-5+/t12-,15-/m1/s1. The number of ketones is 1. The third-order valence-electron chi connectivity index (χ3n) is 2.64. The molecule has 0 fully saturated rings. The number of benzene rings is 1. The minimum atomic E-state index is -0.790. The third kappa shape index (κ3) is 5.97. The summed E-state index contributed by atoms with van der Waals surface area (Å²) in [6.07, 6.45) is 2.54. The largest absolute Gasteiger partial charge is 0.465 e. The van der Waals surface area contributed by atoms with Crippen LogP contribution in [0.1, 0.15) is 31.4 Å². The molecule has 0 saturated heterocycles. The van der Waals surface area contributed by atoms with Gasteiger partial charge in [-0.25, -0.2) is 0 Å². The summed E-state index contributed by atoms with van der Waals surface area (Å²) in [6.45, 7) is 2.13. The van der Waals surface area contributed by atoms with E-state index in [1.807, 2.05) is 18.2 Å². The molecule has 0 aliphatic carbocycles. The van der Waals surface area contributed by atoms with E-state index in [9.17, 15) is 14.7 Å². The summed E-state index contributed by atoms with van der Waals surface area (Å²) in [5.74, 6) is -0.158. The summed E-state index contributed by atoms with van der Waals surface area (Å²) in [4.78, 5) is 21.7. The van der Waals surface area contributed by atoms with Gasteiger partial charge in [0.25, 0.3) is 6.47 Å². The molecule has 19 heavy (non-hydrogen) atoms. The van der Waals surface area contributed by atoms with Gasteiger partial charge in [-0.15, -0.1) is 0 Å². The zero-order valence-electron chi connectivity index (χ0n) is 10.9. The van der Waals surface area contributed by atoms with Crippen molar-refractivity contribution in [2.75, 3.05) is 0 Å². The highest BCUT2D eigenvalue weighted by Gasteiger charge is 2.10. The maximum Gasteiger partial charge on any atom is 0.293 e. The van der Waals surface area contributed by atoms with Crippen LogP contribution >= 0.6 is 0 Å². The molecule has 0 amide bonds. The molecule has 1 N–H and O–H groups in total. The summed E-state index contributed by atoms with van der Waals surface area (Å²) >= 11 is 0. The maximum atomic E-state index is 11.6. The SMILES string of the molecule is C[C@H](C/C=C/C(=O)C[C@@H](O)c1ccccc1)OC=O. The normalized spacial score (nSPS) is 14.0. The Bertz CT molecular complexity index is 425. The molecule has 0 radical (unpaired) electrons. The van der Waals surface area contributed by atoms with Crippen LogP contribution in [0.15, 0.2) is 42.5 Å². The molecule has 0 aliphatic heterocycles. The Morgan fingerprint density at radius 1 is 1.37 bits per heavy atom. The van der Waals surface area contributed by atoms with Crippen LogP contribution in [0, 0.1) is 0 Å². The van der Waals surface area contributed by atoms with Crippen LogP contribution in [0.3, 0.4) is 0 Å². The maximum absolute atomic E-state index is 11.6. The number of hydrogen-bond acceptors (Lipinski definition) is 4. The van der Waals surface area contributed by atoms with Crippen molar-refractivity contribution in [3.63, 3.8) is 0 Å². The molecular formula is C15H18O4. The van der Waals surface area contributed by atoms with Crippen molar-refractivity contribution < 1.29 is 19.4 Å². The number of aliphatic hydroxyl groups is 1. The van der Waals surface area contributed by atoms with Crippen LogP contribution in [-0.4, -0.2) is 23.5 Å². The summed E-state index contributed by atoms with van der Waals surface area (Å²) in [7, 11) is 0. The van der Waals surface area contributed by atoms with Gasteiger partial charge in [0.05, 0.1) is 6.10 Å². The van der Waals surface area contributed by atoms with Gasteiger partial charge in [-0.2, -0.15) is 0 Å². The van der Waals surface area contributed by atoms with Gasteiger partial charge < -0.3 is 9.84 Å². The van der Waals surface area contributed by atoms with Crippen molar-refractivity contribution in [2.24, 2.45) is 0 Å². The van der Waals surface area contributed by atoms with Gasteiger partial charge in [-0.3, -0.25) is 9.59 Å². The van der Waals surface area contributed by atoms with Gasteiger partial charge >= 0.3 is 0 Å². The van der Waals surface area contributed by atoms with E-state index in [2.05, 4.69) is 4.74 Å². The lowest BCUT2D eigenvalue weighted by Gasteiger charge is -2.08. The fraction of sp³-hybridized carbons (Fsp3) is 0.333. The third-order valence-corrected chi connectivity index (χ3v) is 2.64. The first-order valence-corrected chi connectivity index (χ1v) is 6.15. The van der Waals surface area contributed by atoms with E-state index in [4.69, 9.17) is 0 Å².